The number of carbonyl (C=O) groups excluding carboxylic acids is 1. The topological polar surface area (TPSA) is 26.3 Å². The van der Waals surface area contributed by atoms with Gasteiger partial charge >= 0.3 is 12.4 Å². The van der Waals surface area contributed by atoms with Crippen LogP contribution in [0.4, 0.5) is 26.3 Å². The fraction of sp³-hybridized carbons (Fsp3) is 0.364. The molecule has 0 aromatic heterocycles. The van der Waals surface area contributed by atoms with Gasteiger partial charge in [0.1, 0.15) is 11.3 Å². The van der Waals surface area contributed by atoms with Crippen molar-refractivity contribution in [2.45, 2.75) is 19.3 Å². The average Bonchev–Trinajstić information content (AvgIpc) is 2.24. The molecule has 0 bridgehead atoms. The zero-order valence-electron chi connectivity index (χ0n) is 9.74. The highest BCUT2D eigenvalue weighted by Crippen LogP contribution is 2.46. The van der Waals surface area contributed by atoms with Crippen LogP contribution in [0.3, 0.4) is 0 Å². The van der Waals surface area contributed by atoms with E-state index in [1.54, 1.807) is 0 Å². The lowest BCUT2D eigenvalue weighted by atomic mass is 9.99. The van der Waals surface area contributed by atoms with Gasteiger partial charge in [-0.05, 0) is 19.1 Å². The quantitative estimate of drug-likeness (QED) is 0.608. The van der Waals surface area contributed by atoms with Crippen molar-refractivity contribution >= 4 is 5.78 Å². The molecule has 1 aromatic carbocycles. The molecule has 0 radical (unpaired) electrons. The lowest BCUT2D eigenvalue weighted by molar-refractivity contribution is -0.163. The van der Waals surface area contributed by atoms with Crippen LogP contribution in [0.15, 0.2) is 12.1 Å². The van der Waals surface area contributed by atoms with Gasteiger partial charge in [0, 0.05) is 0 Å². The third-order valence-electron chi connectivity index (χ3n) is 2.33. The first-order valence-corrected chi connectivity index (χ1v) is 4.86. The van der Waals surface area contributed by atoms with Crippen LogP contribution in [0.5, 0.6) is 5.75 Å². The van der Waals surface area contributed by atoms with Gasteiger partial charge in [0.25, 0.3) is 0 Å². The fourth-order valence-electron chi connectivity index (χ4n) is 1.59. The smallest absolute Gasteiger partial charge is 0.420 e. The Morgan fingerprint density at radius 1 is 1.05 bits per heavy atom. The highest BCUT2D eigenvalue weighted by molar-refractivity contribution is 5.97. The Labute approximate surface area is 104 Å². The SMILES string of the molecule is COc1c(C(C)=O)ccc(C(F)(F)F)c1C(F)(F)F. The van der Waals surface area contributed by atoms with Crippen LogP contribution in [0.2, 0.25) is 0 Å². The van der Waals surface area contributed by atoms with Crippen LogP contribution in [0, 0.1) is 0 Å². The van der Waals surface area contributed by atoms with Crippen LogP contribution >= 0.6 is 0 Å². The van der Waals surface area contributed by atoms with Crippen molar-refractivity contribution in [3.8, 4) is 5.75 Å². The summed E-state index contributed by atoms with van der Waals surface area (Å²) in [5, 5.41) is 0. The maximum absolute atomic E-state index is 12.8. The van der Waals surface area contributed by atoms with Crippen molar-refractivity contribution in [1.82, 2.24) is 0 Å². The summed E-state index contributed by atoms with van der Waals surface area (Å²) in [5.74, 6) is -1.94. The molecule has 0 unspecified atom stereocenters. The number of alkyl halides is 6. The number of ketones is 1. The second kappa shape index (κ2) is 4.75. The molecule has 0 spiro atoms. The molecule has 1 rings (SSSR count). The van der Waals surface area contributed by atoms with Crippen LogP contribution in [0.25, 0.3) is 0 Å². The summed E-state index contributed by atoms with van der Waals surface area (Å²) < 4.78 is 80.5. The highest BCUT2D eigenvalue weighted by Gasteiger charge is 2.46. The van der Waals surface area contributed by atoms with Gasteiger partial charge in [0.2, 0.25) is 0 Å². The van der Waals surface area contributed by atoms with Gasteiger partial charge < -0.3 is 4.74 Å². The largest absolute Gasteiger partial charge is 0.495 e. The maximum Gasteiger partial charge on any atom is 0.420 e. The molecule has 19 heavy (non-hydrogen) atoms. The molecule has 0 heterocycles. The van der Waals surface area contributed by atoms with Crippen molar-refractivity contribution in [3.63, 3.8) is 0 Å². The van der Waals surface area contributed by atoms with Crippen LogP contribution < -0.4 is 4.74 Å². The lowest BCUT2D eigenvalue weighted by Crippen LogP contribution is -2.19. The number of Topliss-reactive ketones (excluding diaryl/α,β-unsaturated/α-hetero) is 1. The molecule has 0 atom stereocenters. The van der Waals surface area contributed by atoms with Gasteiger partial charge in [-0.3, -0.25) is 4.79 Å². The number of hydrogen-bond donors (Lipinski definition) is 0. The van der Waals surface area contributed by atoms with E-state index < -0.39 is 40.6 Å². The third-order valence-corrected chi connectivity index (χ3v) is 2.33. The molecular weight excluding hydrogens is 278 g/mol. The second-order valence-corrected chi connectivity index (χ2v) is 3.62. The normalized spacial score (nSPS) is 12.4. The monoisotopic (exact) mass is 286 g/mol. The second-order valence-electron chi connectivity index (χ2n) is 3.62. The summed E-state index contributed by atoms with van der Waals surface area (Å²) >= 11 is 0. The average molecular weight is 286 g/mol. The first-order valence-electron chi connectivity index (χ1n) is 4.86. The molecule has 8 heteroatoms. The maximum atomic E-state index is 12.8. The molecule has 2 nitrogen and oxygen atoms in total. The van der Waals surface area contributed by atoms with E-state index in [9.17, 15) is 31.1 Å². The van der Waals surface area contributed by atoms with E-state index in [1.165, 1.54) is 0 Å². The van der Waals surface area contributed by atoms with Gasteiger partial charge in [-0.25, -0.2) is 0 Å². The number of methoxy groups -OCH3 is 1. The number of benzene rings is 1. The van der Waals surface area contributed by atoms with E-state index >= 15 is 0 Å². The fourth-order valence-corrected chi connectivity index (χ4v) is 1.59. The number of carbonyl (C=O) groups is 1. The minimum absolute atomic E-state index is 0.224. The molecule has 0 saturated heterocycles. The molecule has 106 valence electrons. The third kappa shape index (κ3) is 2.99. The number of halogens is 6. The van der Waals surface area contributed by atoms with Crippen molar-refractivity contribution in [2.75, 3.05) is 7.11 Å². The van der Waals surface area contributed by atoms with E-state index in [4.69, 9.17) is 0 Å². The van der Waals surface area contributed by atoms with Gasteiger partial charge in [-0.15, -0.1) is 0 Å². The summed E-state index contributed by atoms with van der Waals surface area (Å²) in [4.78, 5) is 11.1. The zero-order chi connectivity index (χ0) is 15.0. The van der Waals surface area contributed by atoms with Crippen LogP contribution in [-0.2, 0) is 12.4 Å². The molecule has 0 aliphatic heterocycles. The molecule has 1 aromatic rings. The summed E-state index contributed by atoms with van der Waals surface area (Å²) in [7, 11) is 0.775. The standard InChI is InChI=1S/C11H8F6O2/c1-5(18)6-3-4-7(10(12,13)14)8(9(6)19-2)11(15,16)17/h3-4H,1-2H3. The predicted molar refractivity (Wildman–Crippen MR) is 53.0 cm³/mol. The molecular formula is C11H8F6O2. The van der Waals surface area contributed by atoms with E-state index in [1.807, 2.05) is 0 Å². The minimum Gasteiger partial charge on any atom is -0.495 e. The van der Waals surface area contributed by atoms with E-state index in [-0.39, 0.29) is 6.07 Å². The van der Waals surface area contributed by atoms with Gasteiger partial charge in [-0.2, -0.15) is 26.3 Å². The van der Waals surface area contributed by atoms with Gasteiger partial charge in [0.05, 0.1) is 18.2 Å². The van der Waals surface area contributed by atoms with E-state index in [0.717, 1.165) is 14.0 Å². The minimum atomic E-state index is -5.29. The van der Waals surface area contributed by atoms with Gasteiger partial charge in [0.15, 0.2) is 5.78 Å². The van der Waals surface area contributed by atoms with Crippen molar-refractivity contribution in [3.05, 3.63) is 28.8 Å². The summed E-state index contributed by atoms with van der Waals surface area (Å²) in [6, 6.07) is 0.890. The summed E-state index contributed by atoms with van der Waals surface area (Å²) in [6.45, 7) is 0.936. The number of rotatable bonds is 2. The first-order chi connectivity index (χ1) is 8.50. The molecule has 0 fully saturated rings. The van der Waals surface area contributed by atoms with E-state index in [0.29, 0.717) is 6.07 Å². The van der Waals surface area contributed by atoms with Crippen molar-refractivity contribution < 1.29 is 35.9 Å². The van der Waals surface area contributed by atoms with E-state index in [2.05, 4.69) is 4.74 Å². The first kappa shape index (κ1) is 15.3. The highest BCUT2D eigenvalue weighted by atomic mass is 19.4. The lowest BCUT2D eigenvalue weighted by Gasteiger charge is -2.20. The Hall–Kier alpha value is -1.73. The summed E-state index contributed by atoms with van der Waals surface area (Å²) in [5.41, 5.74) is -4.43. The zero-order valence-corrected chi connectivity index (χ0v) is 9.74. The Morgan fingerprint density at radius 2 is 1.58 bits per heavy atom. The van der Waals surface area contributed by atoms with Crippen molar-refractivity contribution in [1.29, 1.82) is 0 Å². The predicted octanol–water partition coefficient (Wildman–Crippen LogP) is 3.94. The number of hydrogen-bond acceptors (Lipinski definition) is 2. The molecule has 0 aliphatic carbocycles. The van der Waals surface area contributed by atoms with Gasteiger partial charge in [-0.1, -0.05) is 0 Å². The molecule has 0 saturated carbocycles. The Morgan fingerprint density at radius 3 is 1.89 bits per heavy atom. The summed E-state index contributed by atoms with van der Waals surface area (Å²) in [6.07, 6.45) is -10.5. The molecule has 0 aliphatic rings. The molecule has 0 amide bonds. The van der Waals surface area contributed by atoms with Crippen LogP contribution in [-0.4, -0.2) is 12.9 Å². The Bertz CT molecular complexity index is 501. The number of ether oxygens (including phenoxy) is 1. The molecule has 0 N–H and O–H groups in total. The Kier molecular flexibility index (Phi) is 3.83. The Balaban J connectivity index is 3.76. The van der Waals surface area contributed by atoms with Crippen molar-refractivity contribution in [2.24, 2.45) is 0 Å². The van der Waals surface area contributed by atoms with Crippen LogP contribution in [0.1, 0.15) is 28.4 Å².